The molecule has 0 saturated carbocycles. The number of alkyl halides is 3. The van der Waals surface area contributed by atoms with E-state index >= 15 is 0 Å². The Morgan fingerprint density at radius 3 is 2.58 bits per heavy atom. The van der Waals surface area contributed by atoms with Gasteiger partial charge in [-0.3, -0.25) is 4.79 Å². The fourth-order valence-electron chi connectivity index (χ4n) is 1.90. The van der Waals surface area contributed by atoms with Gasteiger partial charge in [-0.05, 0) is 19.9 Å². The molecule has 2 aromatic rings. The Morgan fingerprint density at radius 2 is 2.08 bits per heavy atom. The third-order valence-corrected chi connectivity index (χ3v) is 4.44. The predicted octanol–water partition coefficient (Wildman–Crippen LogP) is 2.98. The third-order valence-electron chi connectivity index (χ3n) is 3.11. The van der Waals surface area contributed by atoms with Gasteiger partial charge in [0.05, 0.1) is 17.3 Å². The second-order valence-corrected chi connectivity index (χ2v) is 6.29. The number of aromatic carboxylic acids is 1. The monoisotopic (exact) mass is 389 g/mol. The molecular formula is C15H14F3N3O4S. The van der Waals surface area contributed by atoms with Gasteiger partial charge in [-0.25, -0.2) is 14.8 Å². The van der Waals surface area contributed by atoms with Crippen LogP contribution in [-0.4, -0.2) is 39.7 Å². The van der Waals surface area contributed by atoms with Crippen molar-refractivity contribution in [1.82, 2.24) is 15.3 Å². The number of rotatable bonds is 6. The van der Waals surface area contributed by atoms with Crippen LogP contribution in [0.1, 0.15) is 43.7 Å². The summed E-state index contributed by atoms with van der Waals surface area (Å²) in [5, 5.41) is 12.1. The van der Waals surface area contributed by atoms with E-state index in [0.717, 1.165) is 23.6 Å². The highest BCUT2D eigenvalue weighted by Crippen LogP contribution is 2.24. The maximum atomic E-state index is 12.2. The predicted molar refractivity (Wildman–Crippen MR) is 85.5 cm³/mol. The first-order valence-corrected chi connectivity index (χ1v) is 8.05. The quantitative estimate of drug-likeness (QED) is 0.788. The van der Waals surface area contributed by atoms with Gasteiger partial charge in [0.2, 0.25) is 5.88 Å². The molecule has 0 bridgehead atoms. The summed E-state index contributed by atoms with van der Waals surface area (Å²) in [5.74, 6) is -1.88. The molecule has 11 heteroatoms. The number of thiazole rings is 1. The average molecular weight is 389 g/mol. The van der Waals surface area contributed by atoms with Crippen LogP contribution in [-0.2, 0) is 0 Å². The topological polar surface area (TPSA) is 101 Å². The van der Waals surface area contributed by atoms with Crippen molar-refractivity contribution in [3.8, 4) is 5.88 Å². The molecule has 7 nitrogen and oxygen atoms in total. The summed E-state index contributed by atoms with van der Waals surface area (Å²) in [5.41, 5.74) is 0.467. The number of ether oxygens (including phenoxy) is 1. The Balaban J connectivity index is 2.00. The normalized spacial score (nSPS) is 12.5. The number of pyridine rings is 1. The highest BCUT2D eigenvalue weighted by Gasteiger charge is 2.28. The summed E-state index contributed by atoms with van der Waals surface area (Å²) in [6.45, 7) is 1.72. The van der Waals surface area contributed by atoms with Crippen molar-refractivity contribution in [3.05, 3.63) is 39.5 Å². The Labute approximate surface area is 149 Å². The van der Waals surface area contributed by atoms with Crippen LogP contribution in [0, 0.1) is 6.92 Å². The second kappa shape index (κ2) is 7.68. The largest absolute Gasteiger partial charge is 0.477 e. The van der Waals surface area contributed by atoms with Gasteiger partial charge in [0.25, 0.3) is 5.91 Å². The molecule has 0 spiro atoms. The zero-order valence-corrected chi connectivity index (χ0v) is 14.4. The van der Waals surface area contributed by atoms with Crippen LogP contribution in [0.3, 0.4) is 0 Å². The van der Waals surface area contributed by atoms with E-state index in [1.807, 2.05) is 0 Å². The zero-order valence-electron chi connectivity index (χ0n) is 13.6. The Morgan fingerprint density at radius 1 is 1.38 bits per heavy atom. The number of carbonyl (C=O) groups excluding carboxylic acids is 1. The molecule has 0 aromatic carbocycles. The smallest absolute Gasteiger partial charge is 0.422 e. The van der Waals surface area contributed by atoms with Crippen LogP contribution in [0.4, 0.5) is 13.2 Å². The van der Waals surface area contributed by atoms with Crippen molar-refractivity contribution in [3.63, 3.8) is 0 Å². The van der Waals surface area contributed by atoms with Crippen LogP contribution in [0.2, 0.25) is 0 Å². The molecule has 0 radical (unpaired) electrons. The summed E-state index contributed by atoms with van der Waals surface area (Å²) in [7, 11) is 0. The molecule has 1 atom stereocenters. The Kier molecular flexibility index (Phi) is 5.80. The van der Waals surface area contributed by atoms with Gasteiger partial charge < -0.3 is 15.2 Å². The maximum absolute atomic E-state index is 12.2. The highest BCUT2D eigenvalue weighted by molar-refractivity contribution is 7.13. The lowest BCUT2D eigenvalue weighted by Gasteiger charge is -2.12. The molecule has 140 valence electrons. The minimum absolute atomic E-state index is 0.0916. The van der Waals surface area contributed by atoms with Crippen molar-refractivity contribution in [1.29, 1.82) is 0 Å². The molecule has 0 aliphatic rings. The maximum Gasteiger partial charge on any atom is 0.422 e. The molecule has 26 heavy (non-hydrogen) atoms. The zero-order chi connectivity index (χ0) is 19.5. The molecule has 1 unspecified atom stereocenters. The van der Waals surface area contributed by atoms with Crippen molar-refractivity contribution in [2.45, 2.75) is 26.1 Å². The molecule has 2 N–H and O–H groups in total. The first-order valence-electron chi connectivity index (χ1n) is 7.24. The molecule has 0 saturated heterocycles. The van der Waals surface area contributed by atoms with Gasteiger partial charge in [0, 0.05) is 12.3 Å². The lowest BCUT2D eigenvalue weighted by molar-refractivity contribution is -0.154. The number of aryl methyl sites for hydroxylation is 1. The van der Waals surface area contributed by atoms with Gasteiger partial charge in [0.1, 0.15) is 9.88 Å². The molecule has 2 heterocycles. The average Bonchev–Trinajstić information content (AvgIpc) is 2.95. The summed E-state index contributed by atoms with van der Waals surface area (Å²) < 4.78 is 40.7. The molecule has 1 amide bonds. The van der Waals surface area contributed by atoms with Gasteiger partial charge >= 0.3 is 12.1 Å². The van der Waals surface area contributed by atoms with Crippen LogP contribution < -0.4 is 10.1 Å². The minimum atomic E-state index is -4.48. The third kappa shape index (κ3) is 5.15. The van der Waals surface area contributed by atoms with Crippen molar-refractivity contribution < 1.29 is 32.6 Å². The van der Waals surface area contributed by atoms with Crippen molar-refractivity contribution >= 4 is 23.2 Å². The molecule has 0 aliphatic carbocycles. The first-order chi connectivity index (χ1) is 12.1. The van der Waals surface area contributed by atoms with E-state index in [0.29, 0.717) is 10.7 Å². The van der Waals surface area contributed by atoms with E-state index < -0.39 is 30.7 Å². The standard InChI is InChI=1S/C15H14F3N3O4S/c1-7-11(14(23)24)26-13(21-7)8(2)20-12(22)9-3-4-10(19-5-9)25-6-15(16,17)18/h3-5,8H,6H2,1-2H3,(H,20,22)(H,23,24). The molecule has 0 aliphatic heterocycles. The van der Waals surface area contributed by atoms with Crippen LogP contribution in [0.15, 0.2) is 18.3 Å². The number of carboxylic acid groups (broad SMARTS) is 1. The van der Waals surface area contributed by atoms with Crippen molar-refractivity contribution in [2.75, 3.05) is 6.61 Å². The molecule has 2 rings (SSSR count). The SMILES string of the molecule is Cc1nc(C(C)NC(=O)c2ccc(OCC(F)(F)F)nc2)sc1C(=O)O. The summed E-state index contributed by atoms with van der Waals surface area (Å²) >= 11 is 0.957. The number of halogens is 3. The highest BCUT2D eigenvalue weighted by atomic mass is 32.1. The number of aromatic nitrogens is 2. The number of amides is 1. The van der Waals surface area contributed by atoms with Crippen LogP contribution >= 0.6 is 11.3 Å². The van der Waals surface area contributed by atoms with Crippen LogP contribution in [0.25, 0.3) is 0 Å². The lowest BCUT2D eigenvalue weighted by atomic mass is 10.2. The van der Waals surface area contributed by atoms with Gasteiger partial charge in [0.15, 0.2) is 6.61 Å². The number of nitrogens with one attached hydrogen (secondary N) is 1. The lowest BCUT2D eigenvalue weighted by Crippen LogP contribution is -2.26. The fraction of sp³-hybridized carbons (Fsp3) is 0.333. The Hall–Kier alpha value is -2.69. The van der Waals surface area contributed by atoms with Crippen molar-refractivity contribution in [2.24, 2.45) is 0 Å². The van der Waals surface area contributed by atoms with Gasteiger partial charge in [-0.1, -0.05) is 0 Å². The van der Waals surface area contributed by atoms with Gasteiger partial charge in [-0.2, -0.15) is 13.2 Å². The summed E-state index contributed by atoms with van der Waals surface area (Å²) in [6.07, 6.45) is -3.39. The molecular weight excluding hydrogens is 375 g/mol. The van der Waals surface area contributed by atoms with Gasteiger partial charge in [-0.15, -0.1) is 11.3 Å². The first kappa shape index (κ1) is 19.6. The van der Waals surface area contributed by atoms with E-state index in [9.17, 15) is 22.8 Å². The van der Waals surface area contributed by atoms with E-state index in [1.165, 1.54) is 6.07 Å². The minimum Gasteiger partial charge on any atom is -0.477 e. The summed E-state index contributed by atoms with van der Waals surface area (Å²) in [6, 6.07) is 1.87. The van der Waals surface area contributed by atoms with E-state index in [2.05, 4.69) is 20.0 Å². The number of nitrogens with zero attached hydrogens (tertiary/aromatic N) is 2. The van der Waals surface area contributed by atoms with E-state index in [1.54, 1.807) is 13.8 Å². The summed E-state index contributed by atoms with van der Waals surface area (Å²) in [4.78, 5) is 31.1. The number of hydrogen-bond donors (Lipinski definition) is 2. The number of carboxylic acids is 1. The molecule has 2 aromatic heterocycles. The number of hydrogen-bond acceptors (Lipinski definition) is 6. The molecule has 0 fully saturated rings. The Bertz CT molecular complexity index is 805. The van der Waals surface area contributed by atoms with Crippen LogP contribution in [0.5, 0.6) is 5.88 Å². The fourth-order valence-corrected chi connectivity index (χ4v) is 2.81. The number of carbonyl (C=O) groups is 2. The van der Waals surface area contributed by atoms with E-state index in [-0.39, 0.29) is 16.3 Å². The van der Waals surface area contributed by atoms with E-state index in [4.69, 9.17) is 5.11 Å². The second-order valence-electron chi connectivity index (χ2n) is 5.26.